The monoisotopic (exact) mass is 443 g/mol. The maximum Gasteiger partial charge on any atom is 0.408 e. The van der Waals surface area contributed by atoms with Gasteiger partial charge in [0.1, 0.15) is 24.9 Å². The van der Waals surface area contributed by atoms with E-state index in [2.05, 4.69) is 5.32 Å². The highest BCUT2D eigenvalue weighted by atomic mass is 17.2. The first kappa shape index (κ1) is 24.9. The number of nitrogens with one attached hydrogen (secondary N) is 1. The number of esters is 1. The zero-order valence-electron chi connectivity index (χ0n) is 18.5. The van der Waals surface area contributed by atoms with E-state index in [9.17, 15) is 14.4 Å². The topological polar surface area (TPSA) is 100 Å². The molecule has 8 heteroatoms. The fourth-order valence-electron chi connectivity index (χ4n) is 2.46. The van der Waals surface area contributed by atoms with Gasteiger partial charge in [0.2, 0.25) is 0 Å². The zero-order valence-corrected chi connectivity index (χ0v) is 18.5. The second-order valence-corrected chi connectivity index (χ2v) is 8.04. The molecule has 0 spiro atoms. The molecule has 0 radical (unpaired) electrons. The molecule has 0 aliphatic carbocycles. The van der Waals surface area contributed by atoms with Gasteiger partial charge in [-0.05, 0) is 38.3 Å². The molecule has 2 aromatic carbocycles. The molecule has 1 amide bonds. The van der Waals surface area contributed by atoms with Crippen LogP contribution in [0.2, 0.25) is 0 Å². The van der Waals surface area contributed by atoms with Gasteiger partial charge in [0.05, 0.1) is 6.42 Å². The first-order chi connectivity index (χ1) is 15.2. The molecule has 0 unspecified atom stereocenters. The van der Waals surface area contributed by atoms with E-state index in [0.29, 0.717) is 0 Å². The summed E-state index contributed by atoms with van der Waals surface area (Å²) in [5.41, 5.74) is 0.932. The minimum Gasteiger partial charge on any atom is -0.459 e. The molecule has 32 heavy (non-hydrogen) atoms. The Morgan fingerprint density at radius 2 is 1.38 bits per heavy atom. The third kappa shape index (κ3) is 10.1. The Bertz CT molecular complexity index is 863. The Morgan fingerprint density at radius 1 is 0.844 bits per heavy atom. The molecule has 0 saturated carbocycles. The van der Waals surface area contributed by atoms with E-state index in [1.54, 1.807) is 20.8 Å². The second kappa shape index (κ2) is 12.5. The molecule has 2 rings (SSSR count). The lowest BCUT2D eigenvalue weighted by Crippen LogP contribution is -2.42. The number of alkyl carbamates (subject to hydrolysis) is 1. The molecule has 0 aliphatic rings. The highest BCUT2D eigenvalue weighted by molar-refractivity contribution is 5.82. The zero-order chi connectivity index (χ0) is 23.4. The molecular formula is C24H29NO7. The molecule has 172 valence electrons. The van der Waals surface area contributed by atoms with Crippen LogP contribution >= 0.6 is 0 Å². The second-order valence-electron chi connectivity index (χ2n) is 8.04. The van der Waals surface area contributed by atoms with Crippen LogP contribution in [0.4, 0.5) is 4.79 Å². The van der Waals surface area contributed by atoms with Crippen molar-refractivity contribution >= 4 is 18.0 Å². The lowest BCUT2D eigenvalue weighted by atomic mass is 10.1. The summed E-state index contributed by atoms with van der Waals surface area (Å²) in [5.74, 6) is -1.35. The lowest BCUT2D eigenvalue weighted by molar-refractivity contribution is -0.320. The Kier molecular flexibility index (Phi) is 9.69. The van der Waals surface area contributed by atoms with Gasteiger partial charge in [0, 0.05) is 0 Å². The van der Waals surface area contributed by atoms with Crippen LogP contribution in [0.5, 0.6) is 0 Å². The number of amides is 1. The Labute approximate surface area is 187 Å². The first-order valence-corrected chi connectivity index (χ1v) is 10.3. The van der Waals surface area contributed by atoms with Gasteiger partial charge in [-0.1, -0.05) is 60.7 Å². The third-order valence-electron chi connectivity index (χ3n) is 4.04. The van der Waals surface area contributed by atoms with Crippen LogP contribution in [0.25, 0.3) is 0 Å². The summed E-state index contributed by atoms with van der Waals surface area (Å²) in [6.07, 6.45) is -1.00. The average Bonchev–Trinajstić information content (AvgIpc) is 2.78. The molecule has 0 bridgehead atoms. The summed E-state index contributed by atoms with van der Waals surface area (Å²) in [6.45, 7) is 5.27. The van der Waals surface area contributed by atoms with Crippen LogP contribution in [-0.4, -0.2) is 29.7 Å². The van der Waals surface area contributed by atoms with Gasteiger partial charge < -0.3 is 14.8 Å². The minimum absolute atomic E-state index is 0.0362. The Balaban J connectivity index is 1.91. The highest BCUT2D eigenvalue weighted by Crippen LogP contribution is 2.11. The van der Waals surface area contributed by atoms with Gasteiger partial charge in [0.25, 0.3) is 0 Å². The minimum atomic E-state index is -1.09. The van der Waals surface area contributed by atoms with E-state index in [1.165, 1.54) is 0 Å². The predicted octanol–water partition coefficient (Wildman–Crippen LogP) is 4.08. The van der Waals surface area contributed by atoms with Gasteiger partial charge in [-0.3, -0.25) is 4.89 Å². The number of hydrogen-bond acceptors (Lipinski definition) is 7. The highest BCUT2D eigenvalue weighted by Gasteiger charge is 2.25. The Hall–Kier alpha value is -3.39. The summed E-state index contributed by atoms with van der Waals surface area (Å²) in [5, 5.41) is 2.47. The lowest BCUT2D eigenvalue weighted by Gasteiger charge is -2.19. The van der Waals surface area contributed by atoms with Crippen molar-refractivity contribution in [2.24, 2.45) is 0 Å². The normalized spacial score (nSPS) is 11.8. The largest absolute Gasteiger partial charge is 0.459 e. The summed E-state index contributed by atoms with van der Waals surface area (Å²) >= 11 is 0. The van der Waals surface area contributed by atoms with E-state index < -0.39 is 29.7 Å². The van der Waals surface area contributed by atoms with Crippen molar-refractivity contribution in [3.05, 3.63) is 71.8 Å². The van der Waals surface area contributed by atoms with E-state index in [-0.39, 0.29) is 26.1 Å². The SMILES string of the molecule is CC(C)(C)OOC(=O)CC[C@@H](NC(=O)OCc1ccccc1)C(=O)OCc1ccccc1. The molecule has 1 atom stereocenters. The summed E-state index contributed by atoms with van der Waals surface area (Å²) in [6, 6.07) is 17.1. The number of carbonyl (C=O) groups is 3. The third-order valence-corrected chi connectivity index (χ3v) is 4.04. The van der Waals surface area contributed by atoms with Crippen molar-refractivity contribution in [3.63, 3.8) is 0 Å². The average molecular weight is 443 g/mol. The molecular weight excluding hydrogens is 414 g/mol. The quantitative estimate of drug-likeness (QED) is 0.335. The predicted molar refractivity (Wildman–Crippen MR) is 116 cm³/mol. The maximum atomic E-state index is 12.6. The molecule has 8 nitrogen and oxygen atoms in total. The van der Waals surface area contributed by atoms with Crippen molar-refractivity contribution < 1.29 is 33.6 Å². The number of hydrogen-bond donors (Lipinski definition) is 1. The standard InChI is InChI=1S/C24H29NO7/c1-24(2,3)32-31-21(26)15-14-20(22(27)29-16-18-10-6-4-7-11-18)25-23(28)30-17-19-12-8-5-9-13-19/h4-13,20H,14-17H2,1-3H3,(H,25,28)/t20-/m1/s1. The van der Waals surface area contributed by atoms with Crippen LogP contribution in [0.3, 0.4) is 0 Å². The smallest absolute Gasteiger partial charge is 0.408 e. The molecule has 0 aliphatic heterocycles. The molecule has 1 N–H and O–H groups in total. The summed E-state index contributed by atoms with van der Waals surface area (Å²) in [4.78, 5) is 46.5. The van der Waals surface area contributed by atoms with Crippen molar-refractivity contribution in [2.75, 3.05) is 0 Å². The molecule has 0 saturated heterocycles. The van der Waals surface area contributed by atoms with Crippen molar-refractivity contribution in [3.8, 4) is 0 Å². The molecule has 0 heterocycles. The Morgan fingerprint density at radius 3 is 1.91 bits per heavy atom. The van der Waals surface area contributed by atoms with Crippen molar-refractivity contribution in [1.29, 1.82) is 0 Å². The van der Waals surface area contributed by atoms with Gasteiger partial charge in [-0.25, -0.2) is 14.4 Å². The summed E-state index contributed by atoms with van der Waals surface area (Å²) < 4.78 is 10.5. The van der Waals surface area contributed by atoms with Gasteiger partial charge >= 0.3 is 18.0 Å². The van der Waals surface area contributed by atoms with Crippen LogP contribution in [-0.2, 0) is 42.1 Å². The summed E-state index contributed by atoms with van der Waals surface area (Å²) in [7, 11) is 0. The van der Waals surface area contributed by atoms with Crippen LogP contribution in [0.1, 0.15) is 44.7 Å². The fraction of sp³-hybridized carbons (Fsp3) is 0.375. The van der Waals surface area contributed by atoms with Crippen LogP contribution < -0.4 is 5.32 Å². The van der Waals surface area contributed by atoms with Crippen LogP contribution in [0, 0.1) is 0 Å². The van der Waals surface area contributed by atoms with E-state index >= 15 is 0 Å². The molecule has 0 fully saturated rings. The number of benzene rings is 2. The maximum absolute atomic E-state index is 12.6. The first-order valence-electron chi connectivity index (χ1n) is 10.3. The van der Waals surface area contributed by atoms with Crippen molar-refractivity contribution in [2.45, 2.75) is 58.5 Å². The van der Waals surface area contributed by atoms with Gasteiger partial charge in [-0.2, -0.15) is 4.89 Å². The van der Waals surface area contributed by atoms with Gasteiger partial charge in [-0.15, -0.1) is 0 Å². The van der Waals surface area contributed by atoms with E-state index in [0.717, 1.165) is 11.1 Å². The number of rotatable bonds is 10. The van der Waals surface area contributed by atoms with E-state index in [1.807, 2.05) is 60.7 Å². The number of ether oxygens (including phenoxy) is 2. The van der Waals surface area contributed by atoms with E-state index in [4.69, 9.17) is 19.2 Å². The fourth-order valence-corrected chi connectivity index (χ4v) is 2.46. The molecule has 2 aromatic rings. The molecule has 0 aromatic heterocycles. The van der Waals surface area contributed by atoms with Crippen molar-refractivity contribution in [1.82, 2.24) is 5.32 Å². The number of carbonyl (C=O) groups excluding carboxylic acids is 3. The van der Waals surface area contributed by atoms with Gasteiger partial charge in [0.15, 0.2) is 0 Å². The van der Waals surface area contributed by atoms with Crippen LogP contribution in [0.15, 0.2) is 60.7 Å².